The first-order valence-electron chi connectivity index (χ1n) is 7.49. The zero-order chi connectivity index (χ0) is 17.7. The third-order valence-electron chi connectivity index (χ3n) is 3.56. The highest BCUT2D eigenvalue weighted by Crippen LogP contribution is 2.19. The lowest BCUT2D eigenvalue weighted by Gasteiger charge is -2.19. The zero-order valence-electron chi connectivity index (χ0n) is 13.2. The average Bonchev–Trinajstić information content (AvgIpc) is 2.95. The third-order valence-corrected chi connectivity index (χ3v) is 3.56. The Hall–Kier alpha value is -2.87. The summed E-state index contributed by atoms with van der Waals surface area (Å²) in [5.41, 5.74) is 7.28. The molecule has 0 aliphatic rings. The first kappa shape index (κ1) is 17.5. The molecule has 8 nitrogen and oxygen atoms in total. The molecule has 2 aromatic rings. The van der Waals surface area contributed by atoms with Crippen molar-refractivity contribution in [2.75, 3.05) is 6.54 Å². The number of carbonyl (C=O) groups excluding carboxylic acids is 2. The van der Waals surface area contributed by atoms with E-state index < -0.39 is 36.4 Å². The van der Waals surface area contributed by atoms with E-state index in [0.29, 0.717) is 0 Å². The molecule has 8 heteroatoms. The van der Waals surface area contributed by atoms with Gasteiger partial charge in [0.15, 0.2) is 0 Å². The molecule has 1 heterocycles. The molecule has 2 rings (SSSR count). The number of hydrogen-bond donors (Lipinski definition) is 5. The number of H-pyrrole nitrogens is 1. The molecule has 0 aliphatic carbocycles. The normalized spacial score (nSPS) is 13.2. The lowest BCUT2D eigenvalue weighted by Crippen LogP contribution is -2.52. The van der Waals surface area contributed by atoms with E-state index >= 15 is 0 Å². The molecule has 1 aromatic heterocycles. The molecule has 6 N–H and O–H groups in total. The van der Waals surface area contributed by atoms with Crippen LogP contribution in [0.25, 0.3) is 10.9 Å². The summed E-state index contributed by atoms with van der Waals surface area (Å²) in [6.07, 6.45) is 1.98. The maximum atomic E-state index is 12.2. The number of nitrogens with one attached hydrogen (secondary N) is 3. The van der Waals surface area contributed by atoms with E-state index in [9.17, 15) is 14.4 Å². The Morgan fingerprint density at radius 3 is 2.62 bits per heavy atom. The number of benzene rings is 1. The molecular weight excluding hydrogens is 312 g/mol. The fraction of sp³-hybridized carbons (Fsp3) is 0.312. The largest absolute Gasteiger partial charge is 0.480 e. The number of amides is 2. The van der Waals surface area contributed by atoms with Crippen molar-refractivity contribution in [3.05, 3.63) is 36.0 Å². The number of aliphatic carboxylic acids is 1. The highest BCUT2D eigenvalue weighted by atomic mass is 16.4. The maximum Gasteiger partial charge on any atom is 0.322 e. The summed E-state index contributed by atoms with van der Waals surface area (Å²) in [5, 5.41) is 14.5. The van der Waals surface area contributed by atoms with Crippen LogP contribution in [0.15, 0.2) is 30.5 Å². The van der Waals surface area contributed by atoms with Crippen molar-refractivity contribution in [2.24, 2.45) is 5.73 Å². The Kier molecular flexibility index (Phi) is 5.54. The summed E-state index contributed by atoms with van der Waals surface area (Å²) in [6, 6.07) is 5.88. The van der Waals surface area contributed by atoms with Crippen molar-refractivity contribution in [3.63, 3.8) is 0 Å². The van der Waals surface area contributed by atoms with E-state index in [1.165, 1.54) is 6.92 Å². The van der Waals surface area contributed by atoms with Gasteiger partial charge in [-0.25, -0.2) is 0 Å². The van der Waals surface area contributed by atoms with Crippen LogP contribution in [0.4, 0.5) is 0 Å². The lowest BCUT2D eigenvalue weighted by atomic mass is 10.0. The van der Waals surface area contributed by atoms with Crippen LogP contribution in [0.3, 0.4) is 0 Å². The molecule has 0 unspecified atom stereocenters. The SMILES string of the molecule is C[C@H](N)C(=O)N[C@@H](Cc1c[nH]c2ccccc12)C(=O)NCC(=O)O. The van der Waals surface area contributed by atoms with Crippen molar-refractivity contribution in [2.45, 2.75) is 25.4 Å². The van der Waals surface area contributed by atoms with Gasteiger partial charge in [-0.3, -0.25) is 14.4 Å². The molecule has 0 spiro atoms. The van der Waals surface area contributed by atoms with Crippen LogP contribution in [-0.2, 0) is 20.8 Å². The summed E-state index contributed by atoms with van der Waals surface area (Å²) < 4.78 is 0. The highest BCUT2D eigenvalue weighted by Gasteiger charge is 2.24. The predicted octanol–water partition coefficient (Wildman–Crippen LogP) is -0.257. The Morgan fingerprint density at radius 1 is 1.25 bits per heavy atom. The van der Waals surface area contributed by atoms with Crippen LogP contribution in [0.2, 0.25) is 0 Å². The van der Waals surface area contributed by atoms with Gasteiger partial charge in [0.2, 0.25) is 11.8 Å². The Balaban J connectivity index is 2.19. The van der Waals surface area contributed by atoms with Crippen molar-refractivity contribution >= 4 is 28.7 Å². The monoisotopic (exact) mass is 332 g/mol. The maximum absolute atomic E-state index is 12.2. The van der Waals surface area contributed by atoms with Gasteiger partial charge >= 0.3 is 5.97 Å². The number of carbonyl (C=O) groups is 3. The minimum atomic E-state index is -1.16. The van der Waals surface area contributed by atoms with Gasteiger partial charge in [-0.2, -0.15) is 0 Å². The van der Waals surface area contributed by atoms with Crippen LogP contribution in [0, 0.1) is 0 Å². The molecule has 0 saturated carbocycles. The quantitative estimate of drug-likeness (QED) is 0.476. The van der Waals surface area contributed by atoms with Crippen LogP contribution in [0.1, 0.15) is 12.5 Å². The average molecular weight is 332 g/mol. The second-order valence-corrected chi connectivity index (χ2v) is 5.53. The molecule has 2 amide bonds. The number of para-hydroxylation sites is 1. The van der Waals surface area contributed by atoms with Crippen molar-refractivity contribution in [1.82, 2.24) is 15.6 Å². The number of carboxylic acids is 1. The first-order chi connectivity index (χ1) is 11.4. The second-order valence-electron chi connectivity index (χ2n) is 5.53. The van der Waals surface area contributed by atoms with Gasteiger partial charge in [0.25, 0.3) is 0 Å². The highest BCUT2D eigenvalue weighted by molar-refractivity contribution is 5.92. The number of aromatic nitrogens is 1. The number of aromatic amines is 1. The molecule has 1 aromatic carbocycles. The standard InChI is InChI=1S/C16H20N4O4/c1-9(17)15(23)20-13(16(24)19-8-14(21)22)6-10-7-18-12-5-3-2-4-11(10)12/h2-5,7,9,13,18H,6,8,17H2,1H3,(H,19,24)(H,20,23)(H,21,22)/t9-,13-/m0/s1. The summed E-state index contributed by atoms with van der Waals surface area (Å²) in [7, 11) is 0. The first-order valence-corrected chi connectivity index (χ1v) is 7.49. The van der Waals surface area contributed by atoms with Gasteiger partial charge in [-0.1, -0.05) is 18.2 Å². The Morgan fingerprint density at radius 2 is 1.96 bits per heavy atom. The van der Waals surface area contributed by atoms with Crippen LogP contribution < -0.4 is 16.4 Å². The van der Waals surface area contributed by atoms with Gasteiger partial charge in [0.05, 0.1) is 6.04 Å². The zero-order valence-corrected chi connectivity index (χ0v) is 13.2. The van der Waals surface area contributed by atoms with Crippen LogP contribution in [0.5, 0.6) is 0 Å². The minimum Gasteiger partial charge on any atom is -0.480 e. The molecule has 0 bridgehead atoms. The van der Waals surface area contributed by atoms with E-state index in [0.717, 1.165) is 16.5 Å². The number of hydrogen-bond acceptors (Lipinski definition) is 4. The molecule has 2 atom stereocenters. The molecular formula is C16H20N4O4. The van der Waals surface area contributed by atoms with Gasteiger partial charge in [0, 0.05) is 23.5 Å². The Labute approximate surface area is 138 Å². The van der Waals surface area contributed by atoms with Crippen molar-refractivity contribution in [1.29, 1.82) is 0 Å². The number of rotatable bonds is 7. The molecule has 24 heavy (non-hydrogen) atoms. The van der Waals surface area contributed by atoms with E-state index in [1.54, 1.807) is 6.20 Å². The summed E-state index contributed by atoms with van der Waals surface area (Å²) >= 11 is 0. The van der Waals surface area contributed by atoms with E-state index in [2.05, 4.69) is 15.6 Å². The van der Waals surface area contributed by atoms with Crippen molar-refractivity contribution in [3.8, 4) is 0 Å². The topological polar surface area (TPSA) is 137 Å². The molecule has 0 aliphatic heterocycles. The lowest BCUT2D eigenvalue weighted by molar-refractivity contribution is -0.138. The van der Waals surface area contributed by atoms with E-state index in [-0.39, 0.29) is 6.42 Å². The van der Waals surface area contributed by atoms with E-state index in [4.69, 9.17) is 10.8 Å². The van der Waals surface area contributed by atoms with E-state index in [1.807, 2.05) is 24.3 Å². The van der Waals surface area contributed by atoms with Crippen LogP contribution >= 0.6 is 0 Å². The summed E-state index contributed by atoms with van der Waals surface area (Å²) in [4.78, 5) is 37.8. The van der Waals surface area contributed by atoms with Crippen molar-refractivity contribution < 1.29 is 19.5 Å². The molecule has 128 valence electrons. The smallest absolute Gasteiger partial charge is 0.322 e. The van der Waals surface area contributed by atoms with Crippen LogP contribution in [-0.4, -0.2) is 46.5 Å². The second kappa shape index (κ2) is 7.60. The number of fused-ring (bicyclic) bond motifs is 1. The molecule has 0 saturated heterocycles. The van der Waals surface area contributed by atoms with Gasteiger partial charge in [-0.15, -0.1) is 0 Å². The third kappa shape index (κ3) is 4.32. The van der Waals surface area contributed by atoms with Gasteiger partial charge in [0.1, 0.15) is 12.6 Å². The minimum absolute atomic E-state index is 0.216. The fourth-order valence-electron chi connectivity index (χ4n) is 2.32. The molecule has 0 fully saturated rings. The fourth-order valence-corrected chi connectivity index (χ4v) is 2.32. The summed E-state index contributed by atoms with van der Waals surface area (Å²) in [6.45, 7) is 0.991. The summed E-state index contributed by atoms with van der Waals surface area (Å²) in [5.74, 6) is -2.21. The number of nitrogens with two attached hydrogens (primary N) is 1. The molecule has 0 radical (unpaired) electrons. The van der Waals surface area contributed by atoms with Gasteiger partial charge in [-0.05, 0) is 18.6 Å². The Bertz CT molecular complexity index is 753. The predicted molar refractivity (Wildman–Crippen MR) is 88.2 cm³/mol. The van der Waals surface area contributed by atoms with Gasteiger partial charge < -0.3 is 26.5 Å². The number of carboxylic acid groups (broad SMARTS) is 1.